The van der Waals surface area contributed by atoms with Crippen LogP contribution in [0.2, 0.25) is 0 Å². The van der Waals surface area contributed by atoms with Crippen molar-refractivity contribution in [1.82, 2.24) is 9.80 Å². The van der Waals surface area contributed by atoms with Gasteiger partial charge in [0.1, 0.15) is 6.17 Å². The first-order valence-corrected chi connectivity index (χ1v) is 14.6. The van der Waals surface area contributed by atoms with Crippen LogP contribution in [0.25, 0.3) is 0 Å². The highest BCUT2D eigenvalue weighted by atomic mass is 15.4. The van der Waals surface area contributed by atoms with Crippen molar-refractivity contribution in [3.8, 4) is 0 Å². The normalized spacial score (nSPS) is 15.6. The molecular formula is C31H54N2. The van der Waals surface area contributed by atoms with Gasteiger partial charge in [0.2, 0.25) is 0 Å². The zero-order chi connectivity index (χ0) is 23.4. The molecule has 1 aliphatic heterocycles. The smallest absolute Gasteiger partial charge is 0.101 e. The third-order valence-electron chi connectivity index (χ3n) is 7.26. The Balaban J connectivity index is 1.62. The molecule has 188 valence electrons. The molecule has 1 atom stereocenters. The van der Waals surface area contributed by atoms with Crippen molar-refractivity contribution in [2.75, 3.05) is 6.54 Å². The van der Waals surface area contributed by atoms with Crippen LogP contribution < -0.4 is 0 Å². The Morgan fingerprint density at radius 3 is 1.61 bits per heavy atom. The summed E-state index contributed by atoms with van der Waals surface area (Å²) in [6, 6.07) is 11.0. The van der Waals surface area contributed by atoms with Crippen LogP contribution in [0.1, 0.15) is 135 Å². The summed E-state index contributed by atoms with van der Waals surface area (Å²) in [7, 11) is 0. The minimum Gasteiger partial charge on any atom is -0.356 e. The van der Waals surface area contributed by atoms with Gasteiger partial charge in [0.15, 0.2) is 0 Å². The molecule has 2 nitrogen and oxygen atoms in total. The maximum atomic E-state index is 2.64. The standard InChI is InChI=1S/C31H54N2/c1-3-5-7-9-10-11-12-13-14-15-17-22-26-32-27-28-33(29-30-23-19-18-20-24-30)31(32)25-21-16-8-6-4-2/h18-20,23-24,27-28,31H,3-17,21-22,25-26,29H2,1-2H3. The van der Waals surface area contributed by atoms with E-state index in [9.17, 15) is 0 Å². The topological polar surface area (TPSA) is 6.48 Å². The number of benzene rings is 1. The van der Waals surface area contributed by atoms with Gasteiger partial charge >= 0.3 is 0 Å². The van der Waals surface area contributed by atoms with Gasteiger partial charge in [-0.15, -0.1) is 0 Å². The second-order valence-electron chi connectivity index (χ2n) is 10.3. The van der Waals surface area contributed by atoms with E-state index in [1.807, 2.05) is 0 Å². The van der Waals surface area contributed by atoms with Crippen molar-refractivity contribution in [1.29, 1.82) is 0 Å². The second kappa shape index (κ2) is 18.9. The van der Waals surface area contributed by atoms with Crippen LogP contribution in [0, 0.1) is 0 Å². The third kappa shape index (κ3) is 12.6. The molecule has 0 bridgehead atoms. The predicted octanol–water partition coefficient (Wildman–Crippen LogP) is 9.66. The van der Waals surface area contributed by atoms with Gasteiger partial charge in [-0.3, -0.25) is 0 Å². The first kappa shape index (κ1) is 27.8. The van der Waals surface area contributed by atoms with E-state index in [1.54, 1.807) is 0 Å². The molecule has 1 unspecified atom stereocenters. The van der Waals surface area contributed by atoms with Gasteiger partial charge in [0.05, 0.1) is 0 Å². The van der Waals surface area contributed by atoms with E-state index in [0.29, 0.717) is 6.17 Å². The summed E-state index contributed by atoms with van der Waals surface area (Å²) in [5, 5.41) is 0. The Kier molecular flexibility index (Phi) is 15.9. The molecule has 1 aliphatic rings. The average Bonchev–Trinajstić information content (AvgIpc) is 3.21. The van der Waals surface area contributed by atoms with Crippen LogP contribution in [-0.4, -0.2) is 22.5 Å². The molecule has 0 saturated heterocycles. The van der Waals surface area contributed by atoms with E-state index >= 15 is 0 Å². The number of unbranched alkanes of at least 4 members (excludes halogenated alkanes) is 15. The molecule has 0 saturated carbocycles. The summed E-state index contributed by atoms with van der Waals surface area (Å²) in [6.07, 6.45) is 30.5. The molecule has 1 aromatic carbocycles. The van der Waals surface area contributed by atoms with E-state index < -0.39 is 0 Å². The van der Waals surface area contributed by atoms with Crippen LogP contribution in [0.15, 0.2) is 42.7 Å². The summed E-state index contributed by atoms with van der Waals surface area (Å²) in [5.41, 5.74) is 1.42. The molecule has 0 radical (unpaired) electrons. The molecule has 2 rings (SSSR count). The van der Waals surface area contributed by atoms with Crippen molar-refractivity contribution in [3.05, 3.63) is 48.3 Å². The summed E-state index contributed by atoms with van der Waals surface area (Å²) in [6.45, 7) is 6.86. The van der Waals surface area contributed by atoms with Crippen LogP contribution in [-0.2, 0) is 6.54 Å². The van der Waals surface area contributed by atoms with Crippen LogP contribution in [0.5, 0.6) is 0 Å². The Labute approximate surface area is 206 Å². The molecule has 2 heteroatoms. The van der Waals surface area contributed by atoms with E-state index in [0.717, 1.165) is 6.54 Å². The molecule has 1 heterocycles. The zero-order valence-electron chi connectivity index (χ0n) is 22.2. The molecule has 0 aliphatic carbocycles. The van der Waals surface area contributed by atoms with Gasteiger partial charge in [0.25, 0.3) is 0 Å². The molecule has 0 amide bonds. The van der Waals surface area contributed by atoms with Crippen molar-refractivity contribution in [2.24, 2.45) is 0 Å². The first-order chi connectivity index (χ1) is 16.3. The van der Waals surface area contributed by atoms with Gasteiger partial charge in [0, 0.05) is 25.5 Å². The Morgan fingerprint density at radius 1 is 0.545 bits per heavy atom. The highest BCUT2D eigenvalue weighted by Crippen LogP contribution is 2.24. The fourth-order valence-electron chi connectivity index (χ4n) is 5.13. The van der Waals surface area contributed by atoms with Crippen LogP contribution in [0.3, 0.4) is 0 Å². The SMILES string of the molecule is CCCCCCCCCCCCCCN1C=CN(Cc2ccccc2)C1CCCCCCC. The van der Waals surface area contributed by atoms with Gasteiger partial charge in [-0.05, 0) is 24.8 Å². The molecule has 0 spiro atoms. The lowest BCUT2D eigenvalue weighted by molar-refractivity contribution is 0.132. The van der Waals surface area contributed by atoms with Gasteiger partial charge in [-0.1, -0.05) is 140 Å². The van der Waals surface area contributed by atoms with Crippen molar-refractivity contribution >= 4 is 0 Å². The van der Waals surface area contributed by atoms with Crippen LogP contribution >= 0.6 is 0 Å². The summed E-state index contributed by atoms with van der Waals surface area (Å²) in [5.74, 6) is 0. The molecule has 33 heavy (non-hydrogen) atoms. The predicted molar refractivity (Wildman–Crippen MR) is 146 cm³/mol. The number of hydrogen-bond donors (Lipinski definition) is 0. The zero-order valence-corrected chi connectivity index (χ0v) is 22.2. The lowest BCUT2D eigenvalue weighted by atomic mass is 10.0. The summed E-state index contributed by atoms with van der Waals surface area (Å²) in [4.78, 5) is 5.22. The second-order valence-corrected chi connectivity index (χ2v) is 10.3. The molecule has 1 aromatic rings. The minimum absolute atomic E-state index is 0.555. The maximum Gasteiger partial charge on any atom is 0.101 e. The van der Waals surface area contributed by atoms with E-state index in [-0.39, 0.29) is 0 Å². The lowest BCUT2D eigenvalue weighted by Crippen LogP contribution is -2.38. The number of nitrogens with zero attached hydrogens (tertiary/aromatic N) is 2. The summed E-state index contributed by atoms with van der Waals surface area (Å²) >= 11 is 0. The fourth-order valence-corrected chi connectivity index (χ4v) is 5.13. The van der Waals surface area contributed by atoms with E-state index in [4.69, 9.17) is 0 Å². The Morgan fingerprint density at radius 2 is 1.03 bits per heavy atom. The molecular weight excluding hydrogens is 400 g/mol. The number of rotatable bonds is 21. The van der Waals surface area contributed by atoms with Crippen molar-refractivity contribution in [2.45, 2.75) is 142 Å². The quantitative estimate of drug-likeness (QED) is 0.171. The summed E-state index contributed by atoms with van der Waals surface area (Å²) < 4.78 is 0. The monoisotopic (exact) mass is 454 g/mol. The first-order valence-electron chi connectivity index (χ1n) is 14.6. The Hall–Kier alpha value is -1.44. The molecule has 0 fully saturated rings. The molecule has 0 aromatic heterocycles. The number of hydrogen-bond acceptors (Lipinski definition) is 2. The largest absolute Gasteiger partial charge is 0.356 e. The lowest BCUT2D eigenvalue weighted by Gasteiger charge is -2.33. The highest BCUT2D eigenvalue weighted by molar-refractivity contribution is 5.15. The average molecular weight is 455 g/mol. The fraction of sp³-hybridized carbons (Fsp3) is 0.742. The highest BCUT2D eigenvalue weighted by Gasteiger charge is 2.25. The van der Waals surface area contributed by atoms with Crippen LogP contribution in [0.4, 0.5) is 0 Å². The van der Waals surface area contributed by atoms with Gasteiger partial charge in [-0.25, -0.2) is 0 Å². The third-order valence-corrected chi connectivity index (χ3v) is 7.26. The van der Waals surface area contributed by atoms with E-state index in [1.165, 1.54) is 128 Å². The van der Waals surface area contributed by atoms with Gasteiger partial charge < -0.3 is 9.80 Å². The van der Waals surface area contributed by atoms with Crippen molar-refractivity contribution in [3.63, 3.8) is 0 Å². The molecule has 0 N–H and O–H groups in total. The van der Waals surface area contributed by atoms with Gasteiger partial charge in [-0.2, -0.15) is 0 Å². The van der Waals surface area contributed by atoms with E-state index in [2.05, 4.69) is 66.4 Å². The maximum absolute atomic E-state index is 2.64. The Bertz CT molecular complexity index is 582. The van der Waals surface area contributed by atoms with Crippen molar-refractivity contribution < 1.29 is 0 Å². The minimum atomic E-state index is 0.555.